The highest BCUT2D eigenvalue weighted by molar-refractivity contribution is 5.90. The zero-order chi connectivity index (χ0) is 15.4. The van der Waals surface area contributed by atoms with E-state index >= 15 is 0 Å². The third-order valence-corrected chi connectivity index (χ3v) is 3.07. The van der Waals surface area contributed by atoms with Crippen LogP contribution < -0.4 is 5.32 Å². The van der Waals surface area contributed by atoms with E-state index in [1.54, 1.807) is 0 Å². The summed E-state index contributed by atoms with van der Waals surface area (Å²) in [6.45, 7) is 1.96. The second kappa shape index (κ2) is 6.43. The molecule has 0 unspecified atom stereocenters. The second-order valence-corrected chi connectivity index (χ2v) is 4.76. The molecule has 0 saturated carbocycles. The number of amides is 1. The van der Waals surface area contributed by atoms with Crippen molar-refractivity contribution < 1.29 is 18.0 Å². The molecule has 2 aromatic carbocycles. The van der Waals surface area contributed by atoms with Crippen LogP contribution in [-0.4, -0.2) is 5.91 Å². The van der Waals surface area contributed by atoms with E-state index < -0.39 is 23.4 Å². The molecule has 0 aliphatic carbocycles. The average molecular weight is 293 g/mol. The van der Waals surface area contributed by atoms with E-state index in [2.05, 4.69) is 5.32 Å². The Labute approximate surface area is 120 Å². The van der Waals surface area contributed by atoms with Gasteiger partial charge in [0.2, 0.25) is 5.91 Å². The van der Waals surface area contributed by atoms with E-state index in [0.29, 0.717) is 6.42 Å². The zero-order valence-corrected chi connectivity index (χ0v) is 11.4. The van der Waals surface area contributed by atoms with Crippen LogP contribution in [0, 0.1) is 24.4 Å². The van der Waals surface area contributed by atoms with Crippen LogP contribution in [0.15, 0.2) is 36.4 Å². The molecule has 0 bridgehead atoms. The summed E-state index contributed by atoms with van der Waals surface area (Å²) in [5.41, 5.74) is 1.73. The van der Waals surface area contributed by atoms with Crippen LogP contribution in [0.1, 0.15) is 17.5 Å². The van der Waals surface area contributed by atoms with Gasteiger partial charge in [-0.2, -0.15) is 0 Å². The molecule has 0 radical (unpaired) electrons. The predicted molar refractivity (Wildman–Crippen MR) is 74.4 cm³/mol. The predicted octanol–water partition coefficient (Wildman–Crippen LogP) is 3.98. The van der Waals surface area contributed by atoms with Crippen molar-refractivity contribution in [2.45, 2.75) is 19.8 Å². The first-order chi connectivity index (χ1) is 9.97. The molecule has 1 N–H and O–H groups in total. The monoisotopic (exact) mass is 293 g/mol. The highest BCUT2D eigenvalue weighted by Gasteiger charge is 2.15. The Hall–Kier alpha value is -2.30. The molecular formula is C16H14F3NO. The maximum Gasteiger partial charge on any atom is 0.224 e. The van der Waals surface area contributed by atoms with E-state index in [9.17, 15) is 18.0 Å². The van der Waals surface area contributed by atoms with Gasteiger partial charge in [0.05, 0.1) is 5.69 Å². The van der Waals surface area contributed by atoms with Crippen LogP contribution in [0.3, 0.4) is 0 Å². The quantitative estimate of drug-likeness (QED) is 0.849. The number of nitrogens with one attached hydrogen (secondary N) is 1. The van der Waals surface area contributed by atoms with Crippen LogP contribution in [-0.2, 0) is 11.2 Å². The van der Waals surface area contributed by atoms with Crippen molar-refractivity contribution in [1.82, 2.24) is 0 Å². The van der Waals surface area contributed by atoms with Gasteiger partial charge < -0.3 is 5.32 Å². The fourth-order valence-electron chi connectivity index (χ4n) is 1.85. The van der Waals surface area contributed by atoms with Gasteiger partial charge in [0.1, 0.15) is 0 Å². The summed E-state index contributed by atoms with van der Waals surface area (Å²) in [6.07, 6.45) is 0.610. The molecule has 1 amide bonds. The van der Waals surface area contributed by atoms with Crippen LogP contribution in [0.5, 0.6) is 0 Å². The lowest BCUT2D eigenvalue weighted by atomic mass is 10.1. The van der Waals surface area contributed by atoms with Gasteiger partial charge in [-0.3, -0.25) is 4.79 Å². The number of aryl methyl sites for hydroxylation is 2. The maximum atomic E-state index is 13.4. The first kappa shape index (κ1) is 15.1. The number of rotatable bonds is 4. The number of benzene rings is 2. The topological polar surface area (TPSA) is 29.1 Å². The number of hydrogen-bond acceptors (Lipinski definition) is 1. The number of carbonyl (C=O) groups is 1. The zero-order valence-electron chi connectivity index (χ0n) is 11.4. The standard InChI is InChI=1S/C16H14F3NO/c1-10-2-4-11(5-3-10)6-9-14(21)20-13-8-7-12(17)15(18)16(13)19/h2-5,7-8H,6,9H2,1H3,(H,20,21). The molecule has 0 aliphatic rings. The highest BCUT2D eigenvalue weighted by Crippen LogP contribution is 2.19. The molecule has 110 valence electrons. The van der Waals surface area contributed by atoms with Crippen molar-refractivity contribution in [3.63, 3.8) is 0 Å². The van der Waals surface area contributed by atoms with Gasteiger partial charge in [-0.25, -0.2) is 13.2 Å². The van der Waals surface area contributed by atoms with Crippen molar-refractivity contribution in [3.8, 4) is 0 Å². The van der Waals surface area contributed by atoms with Crippen LogP contribution in [0.4, 0.5) is 18.9 Å². The summed E-state index contributed by atoms with van der Waals surface area (Å²) < 4.78 is 39.2. The van der Waals surface area contributed by atoms with Crippen molar-refractivity contribution in [1.29, 1.82) is 0 Å². The van der Waals surface area contributed by atoms with Crippen molar-refractivity contribution in [3.05, 3.63) is 65.0 Å². The molecule has 21 heavy (non-hydrogen) atoms. The maximum absolute atomic E-state index is 13.4. The van der Waals surface area contributed by atoms with E-state index in [0.717, 1.165) is 23.3 Å². The summed E-state index contributed by atoms with van der Waals surface area (Å²) in [7, 11) is 0. The number of carbonyl (C=O) groups excluding carboxylic acids is 1. The van der Waals surface area contributed by atoms with Gasteiger partial charge in [0.15, 0.2) is 17.5 Å². The largest absolute Gasteiger partial charge is 0.323 e. The van der Waals surface area contributed by atoms with E-state index in [1.165, 1.54) is 0 Å². The third kappa shape index (κ3) is 3.84. The molecule has 2 rings (SSSR count). The van der Waals surface area contributed by atoms with Gasteiger partial charge >= 0.3 is 0 Å². The molecule has 0 fully saturated rings. The molecule has 0 aliphatic heterocycles. The molecule has 2 nitrogen and oxygen atoms in total. The van der Waals surface area contributed by atoms with Crippen LogP contribution in [0.2, 0.25) is 0 Å². The minimum atomic E-state index is -1.59. The van der Waals surface area contributed by atoms with Gasteiger partial charge in [-0.05, 0) is 31.0 Å². The van der Waals surface area contributed by atoms with E-state index in [-0.39, 0.29) is 12.1 Å². The van der Waals surface area contributed by atoms with Gasteiger partial charge in [-0.15, -0.1) is 0 Å². The molecule has 0 heterocycles. The molecule has 0 atom stereocenters. The lowest BCUT2D eigenvalue weighted by Gasteiger charge is -2.07. The Balaban J connectivity index is 1.96. The average Bonchev–Trinajstić information content (AvgIpc) is 2.47. The van der Waals surface area contributed by atoms with Crippen LogP contribution >= 0.6 is 0 Å². The van der Waals surface area contributed by atoms with Gasteiger partial charge in [0.25, 0.3) is 0 Å². The van der Waals surface area contributed by atoms with Gasteiger partial charge in [0, 0.05) is 6.42 Å². The lowest BCUT2D eigenvalue weighted by Crippen LogP contribution is -2.14. The Morgan fingerprint density at radius 2 is 1.67 bits per heavy atom. The molecule has 0 saturated heterocycles. The molecule has 0 spiro atoms. The molecule has 2 aromatic rings. The van der Waals surface area contributed by atoms with E-state index in [1.807, 2.05) is 31.2 Å². The summed E-state index contributed by atoms with van der Waals surface area (Å²) in [6, 6.07) is 9.44. The number of halogens is 3. The highest BCUT2D eigenvalue weighted by atomic mass is 19.2. The molecule has 5 heteroatoms. The second-order valence-electron chi connectivity index (χ2n) is 4.76. The normalized spacial score (nSPS) is 10.5. The number of anilines is 1. The van der Waals surface area contributed by atoms with Gasteiger partial charge in [-0.1, -0.05) is 29.8 Å². The Bertz CT molecular complexity index is 653. The molecule has 0 aromatic heterocycles. The molecular weight excluding hydrogens is 279 g/mol. The SMILES string of the molecule is Cc1ccc(CCC(=O)Nc2ccc(F)c(F)c2F)cc1. The minimum absolute atomic E-state index is 0.126. The lowest BCUT2D eigenvalue weighted by molar-refractivity contribution is -0.116. The summed E-state index contributed by atoms with van der Waals surface area (Å²) in [4.78, 5) is 11.7. The fourth-order valence-corrected chi connectivity index (χ4v) is 1.85. The van der Waals surface area contributed by atoms with Crippen molar-refractivity contribution in [2.24, 2.45) is 0 Å². The van der Waals surface area contributed by atoms with E-state index in [4.69, 9.17) is 0 Å². The Morgan fingerprint density at radius 3 is 2.33 bits per heavy atom. The first-order valence-corrected chi connectivity index (χ1v) is 6.46. The smallest absolute Gasteiger partial charge is 0.224 e. The summed E-state index contributed by atoms with van der Waals surface area (Å²) >= 11 is 0. The summed E-state index contributed by atoms with van der Waals surface area (Å²) in [5, 5.41) is 2.24. The Morgan fingerprint density at radius 1 is 1.00 bits per heavy atom. The van der Waals surface area contributed by atoms with Crippen molar-refractivity contribution >= 4 is 11.6 Å². The third-order valence-electron chi connectivity index (χ3n) is 3.07. The van der Waals surface area contributed by atoms with Crippen molar-refractivity contribution in [2.75, 3.05) is 5.32 Å². The van der Waals surface area contributed by atoms with Crippen LogP contribution in [0.25, 0.3) is 0 Å². The summed E-state index contributed by atoms with van der Waals surface area (Å²) in [5.74, 6) is -4.73. The Kier molecular flexibility index (Phi) is 4.62. The minimum Gasteiger partial charge on any atom is -0.323 e. The number of hydrogen-bond donors (Lipinski definition) is 1. The first-order valence-electron chi connectivity index (χ1n) is 6.46. The fraction of sp³-hybridized carbons (Fsp3) is 0.188.